The van der Waals surface area contributed by atoms with E-state index in [1.54, 1.807) is 39.8 Å². The SMILES string of the molecule is CC1OC[C@@](NC(=O)OC(C)(C)C)(c2cc(Br)ccc2F)[C@@H]1C=O. The van der Waals surface area contributed by atoms with Gasteiger partial charge in [-0.3, -0.25) is 0 Å². The monoisotopic (exact) mass is 401 g/mol. The van der Waals surface area contributed by atoms with Crippen molar-refractivity contribution >= 4 is 28.3 Å². The van der Waals surface area contributed by atoms with Crippen molar-refractivity contribution in [3.8, 4) is 0 Å². The molecule has 3 atom stereocenters. The molecule has 1 fully saturated rings. The molecular formula is C17H21BrFNO4. The zero-order valence-electron chi connectivity index (χ0n) is 14.1. The Morgan fingerprint density at radius 2 is 2.17 bits per heavy atom. The van der Waals surface area contributed by atoms with E-state index in [-0.39, 0.29) is 12.2 Å². The molecule has 0 aliphatic carbocycles. The smallest absolute Gasteiger partial charge is 0.408 e. The van der Waals surface area contributed by atoms with E-state index in [2.05, 4.69) is 21.2 Å². The van der Waals surface area contributed by atoms with Gasteiger partial charge in [0.25, 0.3) is 0 Å². The summed E-state index contributed by atoms with van der Waals surface area (Å²) in [7, 11) is 0. The van der Waals surface area contributed by atoms with Gasteiger partial charge in [0.1, 0.15) is 23.2 Å². The van der Waals surface area contributed by atoms with Crippen LogP contribution in [0.1, 0.15) is 33.3 Å². The van der Waals surface area contributed by atoms with Crippen molar-refractivity contribution in [1.29, 1.82) is 0 Å². The Morgan fingerprint density at radius 3 is 2.75 bits per heavy atom. The zero-order chi connectivity index (χ0) is 18.1. The lowest BCUT2D eigenvalue weighted by Crippen LogP contribution is -2.54. The Bertz CT molecular complexity index is 646. The molecule has 0 radical (unpaired) electrons. The molecule has 0 aromatic heterocycles. The molecule has 1 amide bonds. The van der Waals surface area contributed by atoms with Crippen molar-refractivity contribution in [3.63, 3.8) is 0 Å². The highest BCUT2D eigenvalue weighted by molar-refractivity contribution is 9.10. The summed E-state index contributed by atoms with van der Waals surface area (Å²) >= 11 is 3.30. The number of rotatable bonds is 3. The number of alkyl carbamates (subject to hydrolysis) is 1. The Balaban J connectivity index is 2.49. The van der Waals surface area contributed by atoms with E-state index in [0.717, 1.165) is 0 Å². The molecule has 1 N–H and O–H groups in total. The molecule has 24 heavy (non-hydrogen) atoms. The Morgan fingerprint density at radius 1 is 1.50 bits per heavy atom. The van der Waals surface area contributed by atoms with Crippen LogP contribution in [0, 0.1) is 11.7 Å². The molecule has 1 aliphatic rings. The van der Waals surface area contributed by atoms with E-state index in [1.165, 1.54) is 6.07 Å². The van der Waals surface area contributed by atoms with E-state index in [1.807, 2.05) is 0 Å². The second kappa shape index (κ2) is 6.80. The summed E-state index contributed by atoms with van der Waals surface area (Å²) in [5.74, 6) is -1.27. The first kappa shape index (κ1) is 18.9. The Labute approximate surface area is 149 Å². The molecular weight excluding hydrogens is 381 g/mol. The van der Waals surface area contributed by atoms with Gasteiger partial charge in [-0.2, -0.15) is 0 Å². The van der Waals surface area contributed by atoms with Crippen LogP contribution in [0.5, 0.6) is 0 Å². The maximum Gasteiger partial charge on any atom is 0.408 e. The van der Waals surface area contributed by atoms with Crippen molar-refractivity contribution in [2.24, 2.45) is 5.92 Å². The van der Waals surface area contributed by atoms with Crippen LogP contribution < -0.4 is 5.32 Å². The van der Waals surface area contributed by atoms with Crippen LogP contribution in [0.15, 0.2) is 22.7 Å². The molecule has 0 spiro atoms. The number of hydrogen-bond acceptors (Lipinski definition) is 4. The van der Waals surface area contributed by atoms with Crippen molar-refractivity contribution in [3.05, 3.63) is 34.1 Å². The van der Waals surface area contributed by atoms with Gasteiger partial charge in [-0.25, -0.2) is 9.18 Å². The van der Waals surface area contributed by atoms with Crippen molar-refractivity contribution in [1.82, 2.24) is 5.32 Å². The highest BCUT2D eigenvalue weighted by Crippen LogP contribution is 2.40. The second-order valence-corrected chi connectivity index (χ2v) is 7.82. The largest absolute Gasteiger partial charge is 0.444 e. The minimum Gasteiger partial charge on any atom is -0.444 e. The van der Waals surface area contributed by atoms with E-state index < -0.39 is 35.1 Å². The minimum absolute atomic E-state index is 0.0236. The average Bonchev–Trinajstić information content (AvgIpc) is 2.76. The number of carbonyl (C=O) groups is 2. The fourth-order valence-corrected chi connectivity index (χ4v) is 3.22. The Hall–Kier alpha value is -1.47. The van der Waals surface area contributed by atoms with Gasteiger partial charge in [-0.15, -0.1) is 0 Å². The lowest BCUT2D eigenvalue weighted by Gasteiger charge is -2.34. The van der Waals surface area contributed by atoms with Crippen LogP contribution >= 0.6 is 15.9 Å². The highest BCUT2D eigenvalue weighted by atomic mass is 79.9. The number of ether oxygens (including phenoxy) is 2. The first-order valence-electron chi connectivity index (χ1n) is 7.62. The Kier molecular flexibility index (Phi) is 5.34. The molecule has 5 nitrogen and oxygen atoms in total. The van der Waals surface area contributed by atoms with Crippen molar-refractivity contribution in [2.75, 3.05) is 6.61 Å². The summed E-state index contributed by atoms with van der Waals surface area (Å²) in [4.78, 5) is 24.0. The first-order chi connectivity index (χ1) is 11.1. The van der Waals surface area contributed by atoms with Gasteiger partial charge >= 0.3 is 6.09 Å². The molecule has 1 heterocycles. The van der Waals surface area contributed by atoms with Crippen molar-refractivity contribution < 1.29 is 23.5 Å². The number of carbonyl (C=O) groups excluding carboxylic acids is 2. The third-order valence-electron chi connectivity index (χ3n) is 3.93. The van der Waals surface area contributed by atoms with Gasteiger partial charge in [0, 0.05) is 10.0 Å². The standard InChI is InChI=1S/C17H21BrFNO4/c1-10-13(8-21)17(9-23-10,20-15(22)24-16(2,3)4)12-7-11(18)5-6-14(12)19/h5-8,10,13H,9H2,1-4H3,(H,20,22)/t10?,13-,17-/m1/s1. The molecule has 0 saturated carbocycles. The van der Waals surface area contributed by atoms with Crippen LogP contribution in [-0.4, -0.2) is 30.7 Å². The van der Waals surface area contributed by atoms with Crippen LogP contribution in [0.2, 0.25) is 0 Å². The molecule has 0 bridgehead atoms. The summed E-state index contributed by atoms with van der Waals surface area (Å²) < 4.78 is 26.0. The van der Waals surface area contributed by atoms with Crippen molar-refractivity contribution in [2.45, 2.75) is 44.9 Å². The van der Waals surface area contributed by atoms with Crippen LogP contribution in [0.4, 0.5) is 9.18 Å². The molecule has 2 rings (SSSR count). The van der Waals surface area contributed by atoms with Gasteiger partial charge in [0.15, 0.2) is 0 Å². The summed E-state index contributed by atoms with van der Waals surface area (Å²) in [5.41, 5.74) is -1.86. The lowest BCUT2D eigenvalue weighted by atomic mass is 9.78. The number of aldehydes is 1. The van der Waals surface area contributed by atoms with E-state index in [9.17, 15) is 14.0 Å². The molecule has 1 aromatic rings. The van der Waals surface area contributed by atoms with Gasteiger partial charge in [-0.05, 0) is 45.9 Å². The second-order valence-electron chi connectivity index (χ2n) is 6.90. The van der Waals surface area contributed by atoms with E-state index >= 15 is 0 Å². The lowest BCUT2D eigenvalue weighted by molar-refractivity contribution is -0.113. The van der Waals surface area contributed by atoms with Crippen LogP contribution in [-0.2, 0) is 19.8 Å². The molecule has 1 unspecified atom stereocenters. The van der Waals surface area contributed by atoms with Gasteiger partial charge in [0.2, 0.25) is 0 Å². The predicted molar refractivity (Wildman–Crippen MR) is 90.1 cm³/mol. The van der Waals surface area contributed by atoms with Gasteiger partial charge < -0.3 is 19.6 Å². The third kappa shape index (κ3) is 3.78. The zero-order valence-corrected chi connectivity index (χ0v) is 15.6. The number of amides is 1. The first-order valence-corrected chi connectivity index (χ1v) is 8.42. The number of benzene rings is 1. The summed E-state index contributed by atoms with van der Waals surface area (Å²) in [5, 5.41) is 2.69. The molecule has 1 aromatic carbocycles. The maximum absolute atomic E-state index is 14.5. The molecule has 132 valence electrons. The topological polar surface area (TPSA) is 64.6 Å². The fourth-order valence-electron chi connectivity index (χ4n) is 2.86. The quantitative estimate of drug-likeness (QED) is 0.786. The molecule has 1 saturated heterocycles. The average molecular weight is 402 g/mol. The maximum atomic E-state index is 14.5. The normalized spacial score (nSPS) is 26.9. The van der Waals surface area contributed by atoms with Crippen LogP contribution in [0.3, 0.4) is 0 Å². The van der Waals surface area contributed by atoms with Crippen LogP contribution in [0.25, 0.3) is 0 Å². The van der Waals surface area contributed by atoms with E-state index in [4.69, 9.17) is 9.47 Å². The van der Waals surface area contributed by atoms with Gasteiger partial charge in [-0.1, -0.05) is 15.9 Å². The van der Waals surface area contributed by atoms with E-state index in [0.29, 0.717) is 10.8 Å². The predicted octanol–water partition coefficient (Wildman–Crippen LogP) is 3.54. The number of nitrogens with one attached hydrogen (secondary N) is 1. The van der Waals surface area contributed by atoms with Gasteiger partial charge in [0.05, 0.1) is 18.6 Å². The highest BCUT2D eigenvalue weighted by Gasteiger charge is 2.52. The third-order valence-corrected chi connectivity index (χ3v) is 4.42. The minimum atomic E-state index is -1.32. The number of hydrogen-bond donors (Lipinski definition) is 1. The summed E-state index contributed by atoms with van der Waals surface area (Å²) in [6.07, 6.45) is -0.503. The molecule has 1 aliphatic heterocycles. The summed E-state index contributed by atoms with van der Waals surface area (Å²) in [6.45, 7) is 6.87. The fraction of sp³-hybridized carbons (Fsp3) is 0.529. The number of halogens is 2. The summed E-state index contributed by atoms with van der Waals surface area (Å²) in [6, 6.07) is 4.38. The molecule has 7 heteroatoms.